The van der Waals surface area contributed by atoms with E-state index in [1.165, 1.54) is 24.3 Å². The van der Waals surface area contributed by atoms with Crippen LogP contribution in [0.5, 0.6) is 0 Å². The van der Waals surface area contributed by atoms with Gasteiger partial charge in [0.15, 0.2) is 5.41 Å². The quantitative estimate of drug-likeness (QED) is 0.774. The van der Waals surface area contributed by atoms with Crippen LogP contribution in [-0.2, 0) is 16.0 Å². The van der Waals surface area contributed by atoms with Gasteiger partial charge in [-0.25, -0.2) is 14.1 Å². The van der Waals surface area contributed by atoms with Gasteiger partial charge in [0.2, 0.25) is 5.91 Å². The number of hydrogen-bond donors (Lipinski definition) is 1. The van der Waals surface area contributed by atoms with Gasteiger partial charge >= 0.3 is 6.03 Å². The highest BCUT2D eigenvalue weighted by Crippen LogP contribution is 2.48. The molecule has 28 heavy (non-hydrogen) atoms. The van der Waals surface area contributed by atoms with E-state index in [0.717, 1.165) is 29.1 Å². The first-order valence-electron chi connectivity index (χ1n) is 9.32. The number of rotatable bonds is 1. The summed E-state index contributed by atoms with van der Waals surface area (Å²) in [6, 6.07) is 11.8. The number of hydrogen-bond acceptors (Lipinski definition) is 4. The Bertz CT molecular complexity index is 1010. The lowest BCUT2D eigenvalue weighted by molar-refractivity contribution is -0.144. The second kappa shape index (κ2) is 5.89. The van der Waals surface area contributed by atoms with Crippen LogP contribution in [0, 0.1) is 11.2 Å². The van der Waals surface area contributed by atoms with Crippen molar-refractivity contribution in [1.29, 1.82) is 0 Å². The largest absolute Gasteiger partial charge is 0.367 e. The van der Waals surface area contributed by atoms with Crippen molar-refractivity contribution in [2.45, 2.75) is 25.3 Å². The van der Waals surface area contributed by atoms with E-state index in [4.69, 9.17) is 0 Å². The van der Waals surface area contributed by atoms with E-state index in [1.807, 2.05) is 24.3 Å². The van der Waals surface area contributed by atoms with E-state index < -0.39 is 29.1 Å². The normalized spacial score (nSPS) is 26.3. The predicted octanol–water partition coefficient (Wildman–Crippen LogP) is 2.62. The molecule has 2 saturated heterocycles. The van der Waals surface area contributed by atoms with Crippen molar-refractivity contribution in [1.82, 2.24) is 5.32 Å². The molecule has 3 aliphatic heterocycles. The molecule has 0 radical (unpaired) electrons. The van der Waals surface area contributed by atoms with Gasteiger partial charge in [0, 0.05) is 12.2 Å². The molecular weight excluding hydrogens is 361 g/mol. The molecule has 142 valence electrons. The van der Waals surface area contributed by atoms with Gasteiger partial charge in [-0.3, -0.25) is 14.9 Å². The molecule has 6 nitrogen and oxygen atoms in total. The van der Waals surface area contributed by atoms with Gasteiger partial charge < -0.3 is 4.90 Å². The van der Waals surface area contributed by atoms with E-state index in [1.54, 1.807) is 0 Å². The maximum absolute atomic E-state index is 13.7. The Hall–Kier alpha value is -3.22. The number of barbiturate groups is 1. The standard InChI is InChI=1S/C21H18FN3O3/c22-14-7-9-15(10-8-14)25-19(27)21(18(26)23-20(25)28)12-13-4-1-2-5-16(13)24-11-3-6-17(21)24/h1-2,4-5,7-10,17H,3,6,11-12H2,(H,23,26,28)/t17-,21+/m1/s1. The van der Waals surface area contributed by atoms with Crippen LogP contribution in [-0.4, -0.2) is 30.4 Å². The van der Waals surface area contributed by atoms with Gasteiger partial charge in [-0.2, -0.15) is 0 Å². The molecule has 7 heteroatoms. The molecule has 2 fully saturated rings. The number of urea groups is 1. The molecule has 2 atom stereocenters. The van der Waals surface area contributed by atoms with Crippen molar-refractivity contribution in [2.75, 3.05) is 16.3 Å². The smallest absolute Gasteiger partial charge is 0.335 e. The van der Waals surface area contributed by atoms with Crippen molar-refractivity contribution in [3.8, 4) is 0 Å². The number of nitrogens with one attached hydrogen (secondary N) is 1. The zero-order valence-electron chi connectivity index (χ0n) is 15.0. The van der Waals surface area contributed by atoms with Gasteiger partial charge in [-0.1, -0.05) is 18.2 Å². The number of nitrogens with zero attached hydrogens (tertiary/aromatic N) is 2. The third-order valence-electron chi connectivity index (χ3n) is 6.09. The molecule has 0 unspecified atom stereocenters. The highest BCUT2D eigenvalue weighted by atomic mass is 19.1. The first-order chi connectivity index (χ1) is 13.5. The average molecular weight is 379 g/mol. The van der Waals surface area contributed by atoms with Crippen LogP contribution in [0.3, 0.4) is 0 Å². The Morgan fingerprint density at radius 3 is 2.57 bits per heavy atom. The van der Waals surface area contributed by atoms with Gasteiger partial charge in [-0.05, 0) is 55.2 Å². The summed E-state index contributed by atoms with van der Waals surface area (Å²) in [7, 11) is 0. The van der Waals surface area contributed by atoms with Crippen LogP contribution >= 0.6 is 0 Å². The molecular formula is C21H18FN3O3. The number of amides is 4. The highest BCUT2D eigenvalue weighted by molar-refractivity contribution is 6.30. The third-order valence-corrected chi connectivity index (χ3v) is 6.09. The van der Waals surface area contributed by atoms with Gasteiger partial charge in [-0.15, -0.1) is 0 Å². The highest BCUT2D eigenvalue weighted by Gasteiger charge is 2.62. The summed E-state index contributed by atoms with van der Waals surface area (Å²) in [6.07, 6.45) is 1.80. The molecule has 2 aromatic carbocycles. The number of para-hydroxylation sites is 1. The van der Waals surface area contributed by atoms with E-state index in [-0.39, 0.29) is 18.2 Å². The Kier molecular flexibility index (Phi) is 3.56. The summed E-state index contributed by atoms with van der Waals surface area (Å²) in [4.78, 5) is 42.4. The van der Waals surface area contributed by atoms with Gasteiger partial charge in [0.1, 0.15) is 5.82 Å². The topological polar surface area (TPSA) is 69.7 Å². The first kappa shape index (κ1) is 16.9. The van der Waals surface area contributed by atoms with Crippen LogP contribution in [0.1, 0.15) is 18.4 Å². The van der Waals surface area contributed by atoms with Crippen LogP contribution in [0.25, 0.3) is 0 Å². The number of carbonyl (C=O) groups excluding carboxylic acids is 3. The van der Waals surface area contributed by atoms with Gasteiger partial charge in [0.05, 0.1) is 11.7 Å². The lowest BCUT2D eigenvalue weighted by Crippen LogP contribution is -2.71. The molecule has 5 rings (SSSR count). The van der Waals surface area contributed by atoms with E-state index in [9.17, 15) is 18.8 Å². The molecule has 0 aliphatic carbocycles. The van der Waals surface area contributed by atoms with Crippen LogP contribution in [0.2, 0.25) is 0 Å². The van der Waals surface area contributed by atoms with Crippen molar-refractivity contribution >= 4 is 29.2 Å². The second-order valence-corrected chi connectivity index (χ2v) is 7.50. The lowest BCUT2D eigenvalue weighted by Gasteiger charge is -2.49. The van der Waals surface area contributed by atoms with Crippen LogP contribution in [0.4, 0.5) is 20.6 Å². The summed E-state index contributed by atoms with van der Waals surface area (Å²) in [5, 5.41) is 2.38. The molecule has 2 aromatic rings. The summed E-state index contributed by atoms with van der Waals surface area (Å²) in [6.45, 7) is 0.758. The molecule has 4 amide bonds. The third kappa shape index (κ3) is 2.16. The Morgan fingerprint density at radius 2 is 1.79 bits per heavy atom. The van der Waals surface area contributed by atoms with Gasteiger partial charge in [0.25, 0.3) is 5.91 Å². The molecule has 3 aliphatic rings. The first-order valence-corrected chi connectivity index (χ1v) is 9.32. The monoisotopic (exact) mass is 379 g/mol. The molecule has 3 heterocycles. The number of anilines is 2. The fourth-order valence-electron chi connectivity index (χ4n) is 4.85. The Morgan fingerprint density at radius 1 is 1.04 bits per heavy atom. The van der Waals surface area contributed by atoms with E-state index in [0.29, 0.717) is 6.42 Å². The Balaban J connectivity index is 1.65. The minimum Gasteiger partial charge on any atom is -0.367 e. The zero-order valence-corrected chi connectivity index (χ0v) is 15.0. The fraction of sp³-hybridized carbons (Fsp3) is 0.286. The van der Waals surface area contributed by atoms with Crippen molar-refractivity contribution in [3.05, 3.63) is 59.9 Å². The van der Waals surface area contributed by atoms with Crippen molar-refractivity contribution < 1.29 is 18.8 Å². The summed E-state index contributed by atoms with van der Waals surface area (Å²) in [5.74, 6) is -1.56. The summed E-state index contributed by atoms with van der Waals surface area (Å²) in [5.41, 5.74) is 0.825. The lowest BCUT2D eigenvalue weighted by atomic mass is 9.68. The van der Waals surface area contributed by atoms with E-state index >= 15 is 0 Å². The second-order valence-electron chi connectivity index (χ2n) is 7.50. The molecule has 1 N–H and O–H groups in total. The van der Waals surface area contributed by atoms with Crippen LogP contribution < -0.4 is 15.1 Å². The predicted molar refractivity (Wildman–Crippen MR) is 100 cm³/mol. The summed E-state index contributed by atoms with van der Waals surface area (Å²) < 4.78 is 13.3. The summed E-state index contributed by atoms with van der Waals surface area (Å²) >= 11 is 0. The number of imide groups is 2. The maximum Gasteiger partial charge on any atom is 0.335 e. The van der Waals surface area contributed by atoms with Crippen molar-refractivity contribution in [2.24, 2.45) is 5.41 Å². The number of halogens is 1. The number of benzene rings is 2. The maximum atomic E-state index is 13.7. The Labute approximate surface area is 160 Å². The molecule has 0 aromatic heterocycles. The zero-order chi connectivity index (χ0) is 19.5. The SMILES string of the molecule is O=C1NC(=O)[C@@]2(Cc3ccccc3N3CCC[C@@H]32)C(=O)N1c1ccc(F)cc1. The fourth-order valence-corrected chi connectivity index (χ4v) is 4.85. The molecule has 0 bridgehead atoms. The average Bonchev–Trinajstić information content (AvgIpc) is 3.18. The molecule has 1 spiro atoms. The minimum absolute atomic E-state index is 0.236. The minimum atomic E-state index is -1.38. The van der Waals surface area contributed by atoms with E-state index in [2.05, 4.69) is 10.2 Å². The number of fused-ring (bicyclic) bond motifs is 4. The molecule has 0 saturated carbocycles. The van der Waals surface area contributed by atoms with Crippen LogP contribution in [0.15, 0.2) is 48.5 Å². The van der Waals surface area contributed by atoms with Crippen molar-refractivity contribution in [3.63, 3.8) is 0 Å². The number of carbonyl (C=O) groups is 3.